The van der Waals surface area contributed by atoms with Crippen LogP contribution >= 0.6 is 0 Å². The topological polar surface area (TPSA) is 75.3 Å². The molecule has 0 aromatic heterocycles. The lowest BCUT2D eigenvalue weighted by atomic mass is 10.2. The molecule has 9 heteroatoms. The van der Waals surface area contributed by atoms with E-state index >= 15 is 0 Å². The second-order valence-electron chi connectivity index (χ2n) is 6.05. The highest BCUT2D eigenvalue weighted by Gasteiger charge is 2.19. The van der Waals surface area contributed by atoms with Crippen molar-refractivity contribution in [3.63, 3.8) is 0 Å². The number of sulfonamides is 1. The number of benzene rings is 3. The molecule has 0 radical (unpaired) electrons. The Morgan fingerprint density at radius 2 is 1.41 bits per heavy atom. The van der Waals surface area contributed by atoms with Crippen LogP contribution in [0.15, 0.2) is 71.6 Å². The normalized spacial score (nSPS) is 11.3. The van der Waals surface area contributed by atoms with Crippen LogP contribution in [-0.4, -0.2) is 14.3 Å². The third-order valence-electron chi connectivity index (χ3n) is 3.97. The minimum atomic E-state index is -4.06. The molecule has 3 aromatic rings. The van der Waals surface area contributed by atoms with E-state index in [1.54, 1.807) is 0 Å². The highest BCUT2D eigenvalue weighted by atomic mass is 32.2. The van der Waals surface area contributed by atoms with Crippen molar-refractivity contribution in [3.8, 4) is 0 Å². The van der Waals surface area contributed by atoms with Crippen LogP contribution in [-0.2, 0) is 16.6 Å². The minimum absolute atomic E-state index is 0.114. The number of carbonyl (C=O) groups excluding carboxylic acids is 1. The number of hydrogen-bond acceptors (Lipinski definition) is 3. The first kappa shape index (κ1) is 20.6. The number of hydrogen-bond donors (Lipinski definition) is 2. The van der Waals surface area contributed by atoms with Gasteiger partial charge in [0.05, 0.1) is 10.5 Å². The van der Waals surface area contributed by atoms with Crippen molar-refractivity contribution < 1.29 is 26.4 Å². The van der Waals surface area contributed by atoms with Crippen LogP contribution in [0.3, 0.4) is 0 Å². The predicted octanol–water partition coefficient (Wildman–Crippen LogP) is 3.83. The van der Waals surface area contributed by atoms with Crippen molar-refractivity contribution in [1.82, 2.24) is 4.72 Å². The fourth-order valence-corrected chi connectivity index (χ4v) is 3.48. The van der Waals surface area contributed by atoms with Crippen molar-refractivity contribution in [1.29, 1.82) is 0 Å². The van der Waals surface area contributed by atoms with Crippen molar-refractivity contribution in [2.75, 3.05) is 5.32 Å². The Kier molecular flexibility index (Phi) is 6.00. The van der Waals surface area contributed by atoms with Gasteiger partial charge in [-0.05, 0) is 60.2 Å². The van der Waals surface area contributed by atoms with Crippen molar-refractivity contribution in [2.45, 2.75) is 11.4 Å². The molecule has 0 aliphatic heterocycles. The van der Waals surface area contributed by atoms with E-state index in [1.807, 2.05) is 0 Å². The molecule has 0 bridgehead atoms. The smallest absolute Gasteiger partial charge is 0.258 e. The Labute approximate surface area is 165 Å². The average Bonchev–Trinajstić information content (AvgIpc) is 2.69. The molecule has 150 valence electrons. The molecule has 0 fully saturated rings. The van der Waals surface area contributed by atoms with Gasteiger partial charge < -0.3 is 5.32 Å². The first-order valence-electron chi connectivity index (χ1n) is 8.35. The Balaban J connectivity index is 1.78. The van der Waals surface area contributed by atoms with Crippen LogP contribution in [0.1, 0.15) is 15.9 Å². The van der Waals surface area contributed by atoms with Crippen molar-refractivity contribution in [3.05, 3.63) is 95.3 Å². The van der Waals surface area contributed by atoms with Crippen LogP contribution in [0.5, 0.6) is 0 Å². The summed E-state index contributed by atoms with van der Waals surface area (Å²) in [4.78, 5) is 12.0. The summed E-state index contributed by atoms with van der Waals surface area (Å²) in [5.41, 5.74) is 0.254. The van der Waals surface area contributed by atoms with E-state index < -0.39 is 38.9 Å². The first-order valence-corrected chi connectivity index (χ1v) is 9.83. The number of halogens is 3. The number of anilines is 1. The monoisotopic (exact) mass is 420 g/mol. The molecular formula is C20H15F3N2O3S. The van der Waals surface area contributed by atoms with Gasteiger partial charge >= 0.3 is 0 Å². The fraction of sp³-hybridized carbons (Fsp3) is 0.0500. The Morgan fingerprint density at radius 3 is 2.03 bits per heavy atom. The second-order valence-corrected chi connectivity index (χ2v) is 7.82. The number of carbonyl (C=O) groups is 1. The quantitative estimate of drug-likeness (QED) is 0.636. The van der Waals surface area contributed by atoms with Gasteiger partial charge in [-0.15, -0.1) is 0 Å². The van der Waals surface area contributed by atoms with Crippen LogP contribution < -0.4 is 10.0 Å². The molecule has 0 aliphatic carbocycles. The van der Waals surface area contributed by atoms with Gasteiger partial charge in [-0.1, -0.05) is 12.1 Å². The van der Waals surface area contributed by atoms with Gasteiger partial charge in [0.2, 0.25) is 10.0 Å². The lowest BCUT2D eigenvalue weighted by Gasteiger charge is -2.10. The van der Waals surface area contributed by atoms with E-state index in [0.717, 1.165) is 30.3 Å². The minimum Gasteiger partial charge on any atom is -0.322 e. The fourth-order valence-electron chi connectivity index (χ4n) is 2.44. The van der Waals surface area contributed by atoms with Gasteiger partial charge in [-0.3, -0.25) is 4.79 Å². The molecule has 3 aromatic carbocycles. The first-order chi connectivity index (χ1) is 13.7. The predicted molar refractivity (Wildman–Crippen MR) is 101 cm³/mol. The van der Waals surface area contributed by atoms with Gasteiger partial charge in [-0.25, -0.2) is 26.3 Å². The second kappa shape index (κ2) is 8.46. The lowest BCUT2D eigenvalue weighted by molar-refractivity contribution is 0.102. The molecule has 0 heterocycles. The molecule has 0 saturated carbocycles. The Morgan fingerprint density at radius 1 is 0.828 bits per heavy atom. The summed E-state index contributed by atoms with van der Waals surface area (Å²) in [5.74, 6) is -2.76. The number of rotatable bonds is 6. The molecule has 3 rings (SSSR count). The summed E-state index contributed by atoms with van der Waals surface area (Å²) in [7, 11) is -4.06. The van der Waals surface area contributed by atoms with E-state index in [1.165, 1.54) is 36.4 Å². The molecule has 0 saturated heterocycles. The van der Waals surface area contributed by atoms with Crippen LogP contribution in [0.2, 0.25) is 0 Å². The van der Waals surface area contributed by atoms with Gasteiger partial charge in [0.25, 0.3) is 5.91 Å². The van der Waals surface area contributed by atoms with Crippen molar-refractivity contribution in [2.24, 2.45) is 0 Å². The molecule has 0 atom stereocenters. The van der Waals surface area contributed by atoms with Gasteiger partial charge in [0.15, 0.2) is 0 Å². The Hall–Kier alpha value is -3.17. The van der Waals surface area contributed by atoms with E-state index in [0.29, 0.717) is 5.56 Å². The standard InChI is InChI=1S/C20H15F3N2O3S/c21-14-3-1-13(2-4-14)12-24-29(27,28)17-9-10-19(23)18(11-17)20(26)25-16-7-5-15(22)6-8-16/h1-11,24H,12H2,(H,25,26). The zero-order chi connectivity index (χ0) is 21.0. The summed E-state index contributed by atoms with van der Waals surface area (Å²) in [6.07, 6.45) is 0. The van der Waals surface area contributed by atoms with E-state index in [4.69, 9.17) is 0 Å². The molecule has 2 N–H and O–H groups in total. The molecule has 1 amide bonds. The molecule has 0 aliphatic rings. The zero-order valence-corrected chi connectivity index (χ0v) is 15.6. The zero-order valence-electron chi connectivity index (χ0n) is 14.8. The maximum absolute atomic E-state index is 14.1. The Bertz CT molecular complexity index is 1130. The van der Waals surface area contributed by atoms with Gasteiger partial charge in [0, 0.05) is 12.2 Å². The van der Waals surface area contributed by atoms with E-state index in [2.05, 4.69) is 10.0 Å². The maximum Gasteiger partial charge on any atom is 0.258 e. The summed E-state index contributed by atoms with van der Waals surface area (Å²) < 4.78 is 67.2. The molecular weight excluding hydrogens is 405 g/mol. The third-order valence-corrected chi connectivity index (χ3v) is 5.37. The summed E-state index contributed by atoms with van der Waals surface area (Å²) in [6, 6.07) is 12.8. The molecule has 0 unspecified atom stereocenters. The molecule has 29 heavy (non-hydrogen) atoms. The van der Waals surface area contributed by atoms with Crippen LogP contribution in [0.25, 0.3) is 0 Å². The summed E-state index contributed by atoms with van der Waals surface area (Å²) in [5, 5.41) is 2.37. The highest BCUT2D eigenvalue weighted by molar-refractivity contribution is 7.89. The average molecular weight is 420 g/mol. The summed E-state index contributed by atoms with van der Waals surface area (Å²) in [6.45, 7) is -0.114. The largest absolute Gasteiger partial charge is 0.322 e. The van der Waals surface area contributed by atoms with Crippen molar-refractivity contribution >= 4 is 21.6 Å². The number of nitrogens with one attached hydrogen (secondary N) is 2. The van der Waals surface area contributed by atoms with Crippen LogP contribution in [0.4, 0.5) is 18.9 Å². The lowest BCUT2D eigenvalue weighted by Crippen LogP contribution is -2.24. The third kappa shape index (κ3) is 5.21. The maximum atomic E-state index is 14.1. The highest BCUT2D eigenvalue weighted by Crippen LogP contribution is 2.18. The number of amides is 1. The van der Waals surface area contributed by atoms with Crippen LogP contribution in [0, 0.1) is 17.5 Å². The SMILES string of the molecule is O=C(Nc1ccc(F)cc1)c1cc(S(=O)(=O)NCc2ccc(F)cc2)ccc1F. The van der Waals surface area contributed by atoms with Gasteiger partial charge in [0.1, 0.15) is 17.5 Å². The van der Waals surface area contributed by atoms with E-state index in [9.17, 15) is 26.4 Å². The van der Waals surface area contributed by atoms with Gasteiger partial charge in [-0.2, -0.15) is 0 Å². The molecule has 5 nitrogen and oxygen atoms in total. The molecule has 0 spiro atoms. The summed E-state index contributed by atoms with van der Waals surface area (Å²) >= 11 is 0. The van der Waals surface area contributed by atoms with E-state index in [-0.39, 0.29) is 17.1 Å².